The Kier molecular flexibility index (Phi) is 3.64. The van der Waals surface area contributed by atoms with Gasteiger partial charge in [-0.2, -0.15) is 5.10 Å². The van der Waals surface area contributed by atoms with Crippen LogP contribution in [-0.2, 0) is 13.5 Å². The molecule has 92 valence electrons. The first kappa shape index (κ1) is 12.3. The molecule has 0 spiro atoms. The minimum atomic E-state index is 0.147. The highest BCUT2D eigenvalue weighted by Gasteiger charge is 2.12. The van der Waals surface area contributed by atoms with E-state index in [1.165, 1.54) is 16.1 Å². The van der Waals surface area contributed by atoms with E-state index in [1.54, 1.807) is 11.3 Å². The summed E-state index contributed by atoms with van der Waals surface area (Å²) in [5.41, 5.74) is 9.90. The Morgan fingerprint density at radius 2 is 2.24 bits per heavy atom. The lowest BCUT2D eigenvalue weighted by molar-refractivity contribution is 0.657. The van der Waals surface area contributed by atoms with Crippen LogP contribution < -0.4 is 5.73 Å². The first-order valence-electron chi connectivity index (χ1n) is 5.87. The number of thiophene rings is 1. The lowest BCUT2D eigenvalue weighted by Gasteiger charge is -2.09. The summed E-state index contributed by atoms with van der Waals surface area (Å²) in [6, 6.07) is 4.31. The summed E-state index contributed by atoms with van der Waals surface area (Å²) in [6.07, 6.45) is 1.98. The van der Waals surface area contributed by atoms with Gasteiger partial charge in [0.05, 0.1) is 5.69 Å². The van der Waals surface area contributed by atoms with Gasteiger partial charge in [0.15, 0.2) is 0 Å². The van der Waals surface area contributed by atoms with Gasteiger partial charge in [-0.05, 0) is 43.7 Å². The van der Waals surface area contributed by atoms with E-state index in [9.17, 15) is 0 Å². The van der Waals surface area contributed by atoms with Crippen LogP contribution in [0.4, 0.5) is 0 Å². The van der Waals surface area contributed by atoms with E-state index in [0.717, 1.165) is 18.5 Å². The largest absolute Gasteiger partial charge is 0.323 e. The Hall–Kier alpha value is -1.13. The molecule has 0 aliphatic carbocycles. The predicted octanol–water partition coefficient (Wildman–Crippen LogP) is 2.73. The summed E-state index contributed by atoms with van der Waals surface area (Å²) in [5, 5.41) is 6.51. The van der Waals surface area contributed by atoms with E-state index in [4.69, 9.17) is 5.73 Å². The molecule has 0 bridgehead atoms. The third-order valence-electron chi connectivity index (χ3n) is 3.27. The fourth-order valence-electron chi connectivity index (χ4n) is 2.12. The van der Waals surface area contributed by atoms with Crippen molar-refractivity contribution in [1.82, 2.24) is 9.78 Å². The molecule has 17 heavy (non-hydrogen) atoms. The second-order valence-electron chi connectivity index (χ2n) is 4.43. The van der Waals surface area contributed by atoms with Crippen molar-refractivity contribution in [3.63, 3.8) is 0 Å². The molecule has 1 unspecified atom stereocenters. The average Bonchev–Trinajstić information content (AvgIpc) is 2.88. The van der Waals surface area contributed by atoms with Crippen molar-refractivity contribution in [3.8, 4) is 0 Å². The lowest BCUT2D eigenvalue weighted by atomic mass is 10.0. The molecule has 3 nitrogen and oxygen atoms in total. The van der Waals surface area contributed by atoms with Gasteiger partial charge < -0.3 is 5.73 Å². The molecule has 0 saturated carbocycles. The van der Waals surface area contributed by atoms with Crippen molar-refractivity contribution in [2.24, 2.45) is 12.8 Å². The molecule has 0 fully saturated rings. The van der Waals surface area contributed by atoms with E-state index in [1.807, 2.05) is 11.7 Å². The Balaban J connectivity index is 2.03. The highest BCUT2D eigenvalue weighted by Crippen LogP contribution is 2.23. The standard InChI is InChI=1S/C13H19N3S/c1-9-11(10(2)16(3)15-9)6-7-12(14)13-5-4-8-17-13/h4-5,8,12H,6-7,14H2,1-3H3. The number of aromatic nitrogens is 2. The summed E-state index contributed by atoms with van der Waals surface area (Å²) >= 11 is 1.73. The number of nitrogens with zero attached hydrogens (tertiary/aromatic N) is 2. The molecular formula is C13H19N3S. The molecule has 1 atom stereocenters. The van der Waals surface area contributed by atoms with E-state index >= 15 is 0 Å². The van der Waals surface area contributed by atoms with E-state index in [-0.39, 0.29) is 6.04 Å². The van der Waals surface area contributed by atoms with Crippen LogP contribution in [0.5, 0.6) is 0 Å². The smallest absolute Gasteiger partial charge is 0.0628 e. The second-order valence-corrected chi connectivity index (χ2v) is 5.41. The maximum Gasteiger partial charge on any atom is 0.0628 e. The minimum absolute atomic E-state index is 0.147. The van der Waals surface area contributed by atoms with Crippen molar-refractivity contribution < 1.29 is 0 Å². The Bertz CT molecular complexity index is 485. The highest BCUT2D eigenvalue weighted by molar-refractivity contribution is 7.10. The van der Waals surface area contributed by atoms with Crippen molar-refractivity contribution in [1.29, 1.82) is 0 Å². The number of hydrogen-bond acceptors (Lipinski definition) is 3. The van der Waals surface area contributed by atoms with Crippen LogP contribution in [0.15, 0.2) is 17.5 Å². The van der Waals surface area contributed by atoms with Gasteiger partial charge in [-0.25, -0.2) is 0 Å². The van der Waals surface area contributed by atoms with Gasteiger partial charge in [-0.15, -0.1) is 11.3 Å². The first-order valence-corrected chi connectivity index (χ1v) is 6.75. The summed E-state index contributed by atoms with van der Waals surface area (Å²) in [5.74, 6) is 0. The number of aryl methyl sites for hydroxylation is 2. The summed E-state index contributed by atoms with van der Waals surface area (Å²) in [7, 11) is 1.99. The third kappa shape index (κ3) is 2.58. The number of nitrogens with two attached hydrogens (primary N) is 1. The van der Waals surface area contributed by atoms with Crippen LogP contribution in [0.25, 0.3) is 0 Å². The molecule has 0 saturated heterocycles. The molecular weight excluding hydrogens is 230 g/mol. The Morgan fingerprint density at radius 1 is 1.47 bits per heavy atom. The predicted molar refractivity (Wildman–Crippen MR) is 72.3 cm³/mol. The molecule has 0 amide bonds. The van der Waals surface area contributed by atoms with Gasteiger partial charge >= 0.3 is 0 Å². The van der Waals surface area contributed by atoms with Gasteiger partial charge in [0.1, 0.15) is 0 Å². The van der Waals surface area contributed by atoms with Crippen molar-refractivity contribution in [3.05, 3.63) is 39.3 Å². The average molecular weight is 249 g/mol. The zero-order valence-electron chi connectivity index (χ0n) is 10.6. The lowest BCUT2D eigenvalue weighted by Crippen LogP contribution is -2.10. The molecule has 4 heteroatoms. The maximum absolute atomic E-state index is 6.18. The van der Waals surface area contributed by atoms with Crippen LogP contribution in [0.1, 0.15) is 34.3 Å². The van der Waals surface area contributed by atoms with Crippen LogP contribution >= 0.6 is 11.3 Å². The van der Waals surface area contributed by atoms with Gasteiger partial charge in [0.25, 0.3) is 0 Å². The fraction of sp³-hybridized carbons (Fsp3) is 0.462. The SMILES string of the molecule is Cc1nn(C)c(C)c1CCC(N)c1cccs1. The zero-order valence-corrected chi connectivity index (χ0v) is 11.4. The second kappa shape index (κ2) is 5.02. The molecule has 2 heterocycles. The zero-order chi connectivity index (χ0) is 12.4. The maximum atomic E-state index is 6.18. The topological polar surface area (TPSA) is 43.8 Å². The van der Waals surface area contributed by atoms with Crippen molar-refractivity contribution in [2.75, 3.05) is 0 Å². The molecule has 2 rings (SSSR count). The number of rotatable bonds is 4. The summed E-state index contributed by atoms with van der Waals surface area (Å²) < 4.78 is 1.95. The van der Waals surface area contributed by atoms with Crippen LogP contribution in [0.3, 0.4) is 0 Å². The van der Waals surface area contributed by atoms with E-state index in [0.29, 0.717) is 0 Å². The normalized spacial score (nSPS) is 12.9. The summed E-state index contributed by atoms with van der Waals surface area (Å²) in [6.45, 7) is 4.19. The Morgan fingerprint density at radius 3 is 2.76 bits per heavy atom. The molecule has 0 aliphatic rings. The van der Waals surface area contributed by atoms with Gasteiger partial charge in [0.2, 0.25) is 0 Å². The monoisotopic (exact) mass is 249 g/mol. The fourth-order valence-corrected chi connectivity index (χ4v) is 2.89. The number of hydrogen-bond donors (Lipinski definition) is 1. The third-order valence-corrected chi connectivity index (χ3v) is 4.28. The van der Waals surface area contributed by atoms with Gasteiger partial charge in [0, 0.05) is 23.7 Å². The molecule has 2 aromatic rings. The van der Waals surface area contributed by atoms with Gasteiger partial charge in [-0.1, -0.05) is 6.07 Å². The van der Waals surface area contributed by atoms with Crippen LogP contribution in [-0.4, -0.2) is 9.78 Å². The van der Waals surface area contributed by atoms with E-state index in [2.05, 4.69) is 36.5 Å². The van der Waals surface area contributed by atoms with Gasteiger partial charge in [-0.3, -0.25) is 4.68 Å². The quantitative estimate of drug-likeness (QED) is 0.905. The van der Waals surface area contributed by atoms with Crippen molar-refractivity contribution in [2.45, 2.75) is 32.7 Å². The highest BCUT2D eigenvalue weighted by atomic mass is 32.1. The summed E-state index contributed by atoms with van der Waals surface area (Å²) in [4.78, 5) is 1.27. The molecule has 2 aromatic heterocycles. The molecule has 0 aromatic carbocycles. The van der Waals surface area contributed by atoms with Crippen LogP contribution in [0, 0.1) is 13.8 Å². The molecule has 2 N–H and O–H groups in total. The van der Waals surface area contributed by atoms with Crippen molar-refractivity contribution >= 4 is 11.3 Å². The van der Waals surface area contributed by atoms with Crippen LogP contribution in [0.2, 0.25) is 0 Å². The first-order chi connectivity index (χ1) is 8.09. The van der Waals surface area contributed by atoms with E-state index < -0.39 is 0 Å². The molecule has 0 radical (unpaired) electrons. The Labute approximate surface area is 106 Å². The minimum Gasteiger partial charge on any atom is -0.323 e. The molecule has 0 aliphatic heterocycles.